The number of nitrogens with zero attached hydrogens (tertiary/aromatic N) is 2. The van der Waals surface area contributed by atoms with E-state index in [1.807, 2.05) is 0 Å². The van der Waals surface area contributed by atoms with Crippen LogP contribution in [0.3, 0.4) is 0 Å². The van der Waals surface area contributed by atoms with Crippen molar-refractivity contribution in [2.24, 2.45) is 0 Å². The number of hydrogen-bond acceptors (Lipinski definition) is 5. The molecule has 2 atom stereocenters. The zero-order chi connectivity index (χ0) is 19.7. The fourth-order valence-corrected chi connectivity index (χ4v) is 5.09. The van der Waals surface area contributed by atoms with Crippen LogP contribution in [0.5, 0.6) is 0 Å². The normalized spacial score (nSPS) is 21.1. The van der Waals surface area contributed by atoms with Crippen LogP contribution in [0.25, 0.3) is 0 Å². The minimum atomic E-state index is -3.21. The molecule has 2 aliphatic heterocycles. The number of para-hydroxylation sites is 1. The van der Waals surface area contributed by atoms with E-state index in [-0.39, 0.29) is 4.90 Å². The van der Waals surface area contributed by atoms with Gasteiger partial charge < -0.3 is 10.0 Å². The van der Waals surface area contributed by atoms with Gasteiger partial charge in [0.1, 0.15) is 0 Å². The Morgan fingerprint density at radius 3 is 2.61 bits per heavy atom. The molecular weight excluding hydrogens is 372 g/mol. The molecule has 0 radical (unpaired) electrons. The molecule has 0 unspecified atom stereocenters. The third-order valence-electron chi connectivity index (χ3n) is 6.01. The Morgan fingerprint density at radius 2 is 1.86 bits per heavy atom. The van der Waals surface area contributed by atoms with E-state index < -0.39 is 15.9 Å². The first-order valence-electron chi connectivity index (χ1n) is 9.97. The molecule has 0 bridgehead atoms. The molecule has 6 heteroatoms. The van der Waals surface area contributed by atoms with E-state index in [1.165, 1.54) is 17.5 Å². The Hall–Kier alpha value is -1.89. The summed E-state index contributed by atoms with van der Waals surface area (Å²) in [4.78, 5) is 5.15. The second-order valence-corrected chi connectivity index (χ2v) is 9.99. The molecule has 2 aromatic carbocycles. The molecule has 1 fully saturated rings. The van der Waals surface area contributed by atoms with Crippen molar-refractivity contribution < 1.29 is 13.5 Å². The smallest absolute Gasteiger partial charge is 0.175 e. The number of rotatable bonds is 6. The van der Waals surface area contributed by atoms with Gasteiger partial charge in [-0.1, -0.05) is 30.3 Å². The zero-order valence-corrected chi connectivity index (χ0v) is 17.1. The van der Waals surface area contributed by atoms with E-state index in [0.29, 0.717) is 12.6 Å². The highest BCUT2D eigenvalue weighted by molar-refractivity contribution is 7.90. The first kappa shape index (κ1) is 19.4. The maximum atomic E-state index is 11.6. The molecule has 4 rings (SSSR count). The standard InChI is InChI=1S/C22H28N2O3S/c1-28(26,27)20-10-8-18(9-11-20)22(25)16-23-13-4-6-19(23)15-24-14-12-17-5-2-3-7-21(17)24/h2-3,5,7-11,19,22,25H,4,6,12-16H2,1H3/t19-,22+/m0/s1. The summed E-state index contributed by atoms with van der Waals surface area (Å²) in [5.41, 5.74) is 3.55. The number of sulfone groups is 1. The quantitative estimate of drug-likeness (QED) is 0.808. The fourth-order valence-electron chi connectivity index (χ4n) is 4.46. The van der Waals surface area contributed by atoms with Gasteiger partial charge in [0.15, 0.2) is 9.84 Å². The van der Waals surface area contributed by atoms with Crippen LogP contribution in [0.2, 0.25) is 0 Å². The van der Waals surface area contributed by atoms with Gasteiger partial charge in [-0.25, -0.2) is 8.42 Å². The molecule has 1 N–H and O–H groups in total. The van der Waals surface area contributed by atoms with E-state index in [9.17, 15) is 13.5 Å². The van der Waals surface area contributed by atoms with Gasteiger partial charge in [-0.15, -0.1) is 0 Å². The summed E-state index contributed by atoms with van der Waals surface area (Å²) in [7, 11) is -3.21. The third-order valence-corrected chi connectivity index (χ3v) is 7.14. The van der Waals surface area contributed by atoms with Crippen LogP contribution in [0.1, 0.15) is 30.1 Å². The van der Waals surface area contributed by atoms with Crippen molar-refractivity contribution in [1.29, 1.82) is 0 Å². The highest BCUT2D eigenvalue weighted by Crippen LogP contribution is 2.30. The molecule has 150 valence electrons. The van der Waals surface area contributed by atoms with E-state index >= 15 is 0 Å². The van der Waals surface area contributed by atoms with Crippen LogP contribution < -0.4 is 4.90 Å². The summed E-state index contributed by atoms with van der Waals surface area (Å²) in [5.74, 6) is 0. The summed E-state index contributed by atoms with van der Waals surface area (Å²) < 4.78 is 23.2. The van der Waals surface area contributed by atoms with E-state index in [4.69, 9.17) is 0 Å². The van der Waals surface area contributed by atoms with Gasteiger partial charge in [0.25, 0.3) is 0 Å². The Kier molecular flexibility index (Phi) is 5.45. The van der Waals surface area contributed by atoms with Crippen LogP contribution >= 0.6 is 0 Å². The lowest BCUT2D eigenvalue weighted by atomic mass is 10.1. The summed E-state index contributed by atoms with van der Waals surface area (Å²) in [6.07, 6.45) is 4.00. The average molecular weight is 401 g/mol. The second kappa shape index (κ2) is 7.85. The maximum absolute atomic E-state index is 11.6. The molecule has 1 saturated heterocycles. The van der Waals surface area contributed by atoms with Crippen LogP contribution in [-0.4, -0.2) is 56.9 Å². The fraction of sp³-hybridized carbons (Fsp3) is 0.455. The zero-order valence-electron chi connectivity index (χ0n) is 16.3. The van der Waals surface area contributed by atoms with Crippen LogP contribution in [0.4, 0.5) is 5.69 Å². The number of anilines is 1. The topological polar surface area (TPSA) is 60.9 Å². The van der Waals surface area contributed by atoms with Crippen molar-refractivity contribution in [3.8, 4) is 0 Å². The van der Waals surface area contributed by atoms with Gasteiger partial charge in [0, 0.05) is 37.6 Å². The summed E-state index contributed by atoms with van der Waals surface area (Å²) in [6.45, 7) is 3.65. The van der Waals surface area contributed by atoms with E-state index in [2.05, 4.69) is 34.1 Å². The van der Waals surface area contributed by atoms with Gasteiger partial charge in [0.2, 0.25) is 0 Å². The van der Waals surface area contributed by atoms with Crippen LogP contribution in [0.15, 0.2) is 53.4 Å². The number of hydrogen-bond donors (Lipinski definition) is 1. The molecule has 2 aliphatic rings. The summed E-state index contributed by atoms with van der Waals surface area (Å²) in [6, 6.07) is 15.7. The first-order chi connectivity index (χ1) is 13.4. The minimum absolute atomic E-state index is 0.287. The molecule has 28 heavy (non-hydrogen) atoms. The van der Waals surface area contributed by atoms with Crippen LogP contribution in [-0.2, 0) is 16.3 Å². The second-order valence-electron chi connectivity index (χ2n) is 7.97. The highest BCUT2D eigenvalue weighted by atomic mass is 32.2. The molecule has 0 amide bonds. The van der Waals surface area contributed by atoms with E-state index in [1.54, 1.807) is 24.3 Å². The lowest BCUT2D eigenvalue weighted by Crippen LogP contribution is -2.41. The summed E-state index contributed by atoms with van der Waals surface area (Å²) in [5, 5.41) is 10.7. The Morgan fingerprint density at radius 1 is 1.11 bits per heavy atom. The first-order valence-corrected chi connectivity index (χ1v) is 11.9. The number of aliphatic hydroxyl groups is 1. The van der Waals surface area contributed by atoms with Gasteiger partial charge in [-0.3, -0.25) is 4.90 Å². The predicted octanol–water partition coefficient (Wildman–Crippen LogP) is 2.65. The summed E-state index contributed by atoms with van der Waals surface area (Å²) >= 11 is 0. The Labute approximate surface area is 167 Å². The average Bonchev–Trinajstić information content (AvgIpc) is 3.29. The molecule has 0 spiro atoms. The Bertz CT molecular complexity index is 927. The van der Waals surface area contributed by atoms with Crippen molar-refractivity contribution in [3.63, 3.8) is 0 Å². The van der Waals surface area contributed by atoms with Crippen molar-refractivity contribution in [2.75, 3.05) is 37.3 Å². The van der Waals surface area contributed by atoms with E-state index in [0.717, 1.165) is 44.5 Å². The van der Waals surface area contributed by atoms with Crippen molar-refractivity contribution in [3.05, 3.63) is 59.7 Å². The Balaban J connectivity index is 1.40. The molecule has 0 aromatic heterocycles. The third kappa shape index (κ3) is 4.09. The molecule has 0 aliphatic carbocycles. The molecular formula is C22H28N2O3S. The molecule has 0 saturated carbocycles. The molecule has 5 nitrogen and oxygen atoms in total. The lowest BCUT2D eigenvalue weighted by molar-refractivity contribution is 0.107. The predicted molar refractivity (Wildman–Crippen MR) is 111 cm³/mol. The van der Waals surface area contributed by atoms with Gasteiger partial charge >= 0.3 is 0 Å². The van der Waals surface area contributed by atoms with Crippen molar-refractivity contribution in [1.82, 2.24) is 4.90 Å². The number of likely N-dealkylation sites (tertiary alicyclic amines) is 1. The molecule has 2 aromatic rings. The maximum Gasteiger partial charge on any atom is 0.175 e. The monoisotopic (exact) mass is 400 g/mol. The SMILES string of the molecule is CS(=O)(=O)c1ccc([C@H](O)CN2CCC[C@H]2CN2CCc3ccccc32)cc1. The van der Waals surface area contributed by atoms with Crippen molar-refractivity contribution >= 4 is 15.5 Å². The van der Waals surface area contributed by atoms with Crippen LogP contribution in [0, 0.1) is 0 Å². The number of aliphatic hydroxyl groups excluding tert-OH is 1. The highest BCUT2D eigenvalue weighted by Gasteiger charge is 2.30. The number of benzene rings is 2. The lowest BCUT2D eigenvalue weighted by Gasteiger charge is -2.31. The minimum Gasteiger partial charge on any atom is -0.387 e. The van der Waals surface area contributed by atoms with Gasteiger partial charge in [-0.05, 0) is 55.1 Å². The van der Waals surface area contributed by atoms with Gasteiger partial charge in [-0.2, -0.15) is 0 Å². The largest absolute Gasteiger partial charge is 0.387 e. The number of fused-ring (bicyclic) bond motifs is 1. The molecule has 2 heterocycles. The van der Waals surface area contributed by atoms with Crippen molar-refractivity contribution in [2.45, 2.75) is 36.3 Å². The van der Waals surface area contributed by atoms with Gasteiger partial charge in [0.05, 0.1) is 11.0 Å². The number of β-amino-alcohol motifs (C(OH)–C–C–N with tert-alkyl or cyclic N) is 1.